The molecule has 0 bridgehead atoms. The summed E-state index contributed by atoms with van der Waals surface area (Å²) in [7, 11) is 0. The molecule has 18 heavy (non-hydrogen) atoms. The van der Waals surface area contributed by atoms with E-state index in [9.17, 15) is 10.1 Å². The van der Waals surface area contributed by atoms with Crippen molar-refractivity contribution in [2.24, 2.45) is 0 Å². The first kappa shape index (κ1) is 12.5. The molecule has 2 rings (SSSR count). The molecule has 1 heterocycles. The molecule has 0 unspecified atom stereocenters. The molecule has 1 aromatic heterocycles. The molecule has 0 aliphatic heterocycles. The molecule has 0 fully saturated rings. The van der Waals surface area contributed by atoms with Crippen molar-refractivity contribution < 1.29 is 4.92 Å². The topological polar surface area (TPSA) is 94.9 Å². The van der Waals surface area contributed by atoms with Crippen LogP contribution in [-0.4, -0.2) is 14.9 Å². The number of rotatable bonds is 2. The molecule has 1 aromatic carbocycles. The third-order valence-corrected chi connectivity index (χ3v) is 2.75. The number of nitrogens with two attached hydrogens (primary N) is 1. The minimum absolute atomic E-state index is 0.0233. The van der Waals surface area contributed by atoms with Crippen molar-refractivity contribution in [3.8, 4) is 11.3 Å². The average molecular weight is 285 g/mol. The highest BCUT2D eigenvalue weighted by atomic mass is 35.5. The van der Waals surface area contributed by atoms with Gasteiger partial charge in [0.15, 0.2) is 0 Å². The fourth-order valence-electron chi connectivity index (χ4n) is 1.45. The van der Waals surface area contributed by atoms with E-state index in [4.69, 9.17) is 28.9 Å². The summed E-state index contributed by atoms with van der Waals surface area (Å²) >= 11 is 11.6. The number of benzene rings is 1. The predicted octanol–water partition coefficient (Wildman–Crippen LogP) is 2.94. The molecule has 0 saturated heterocycles. The van der Waals surface area contributed by atoms with Gasteiger partial charge in [0.25, 0.3) is 5.69 Å². The van der Waals surface area contributed by atoms with Gasteiger partial charge in [-0.1, -0.05) is 23.7 Å². The van der Waals surface area contributed by atoms with Gasteiger partial charge in [0.2, 0.25) is 5.28 Å². The average Bonchev–Trinajstić information content (AvgIpc) is 2.33. The Bertz CT molecular complexity index is 633. The summed E-state index contributed by atoms with van der Waals surface area (Å²) in [5.41, 5.74) is 5.80. The van der Waals surface area contributed by atoms with Gasteiger partial charge in [0.1, 0.15) is 16.5 Å². The Kier molecular flexibility index (Phi) is 3.31. The van der Waals surface area contributed by atoms with Crippen molar-refractivity contribution in [1.29, 1.82) is 0 Å². The Hall–Kier alpha value is -1.92. The molecule has 8 heteroatoms. The number of anilines is 1. The highest BCUT2D eigenvalue weighted by Gasteiger charge is 2.20. The lowest BCUT2D eigenvalue weighted by Crippen LogP contribution is -1.99. The monoisotopic (exact) mass is 284 g/mol. The number of nitrogens with zero attached hydrogens (tertiary/aromatic N) is 3. The van der Waals surface area contributed by atoms with Gasteiger partial charge in [-0.15, -0.1) is 0 Å². The van der Waals surface area contributed by atoms with Crippen LogP contribution < -0.4 is 5.73 Å². The van der Waals surface area contributed by atoms with Crippen LogP contribution in [0.15, 0.2) is 24.3 Å². The molecular weight excluding hydrogens is 279 g/mol. The van der Waals surface area contributed by atoms with Gasteiger partial charge in [-0.2, -0.15) is 4.98 Å². The van der Waals surface area contributed by atoms with E-state index >= 15 is 0 Å². The Morgan fingerprint density at radius 1 is 1.22 bits per heavy atom. The summed E-state index contributed by atoms with van der Waals surface area (Å²) < 4.78 is 0. The fourth-order valence-corrected chi connectivity index (χ4v) is 1.81. The molecule has 6 nitrogen and oxygen atoms in total. The van der Waals surface area contributed by atoms with Crippen LogP contribution in [0, 0.1) is 10.1 Å². The second kappa shape index (κ2) is 4.75. The fraction of sp³-hybridized carbons (Fsp3) is 0. The first-order chi connectivity index (χ1) is 8.50. The molecule has 0 atom stereocenters. The molecule has 0 aliphatic carbocycles. The van der Waals surface area contributed by atoms with Crippen molar-refractivity contribution in [2.75, 3.05) is 5.73 Å². The molecule has 92 valence electrons. The van der Waals surface area contributed by atoms with Crippen molar-refractivity contribution in [1.82, 2.24) is 9.97 Å². The summed E-state index contributed by atoms with van der Waals surface area (Å²) in [6, 6.07) is 6.03. The zero-order valence-corrected chi connectivity index (χ0v) is 10.3. The quantitative estimate of drug-likeness (QED) is 0.520. The number of hydrogen-bond acceptors (Lipinski definition) is 5. The van der Waals surface area contributed by atoms with E-state index < -0.39 is 4.92 Å². The van der Waals surface area contributed by atoms with Crippen molar-refractivity contribution >= 4 is 34.7 Å². The van der Waals surface area contributed by atoms with Crippen LogP contribution >= 0.6 is 23.2 Å². The van der Waals surface area contributed by atoms with E-state index in [0.29, 0.717) is 0 Å². The largest absolute Gasteiger partial charge is 0.382 e. The van der Waals surface area contributed by atoms with Crippen molar-refractivity contribution in [2.45, 2.75) is 0 Å². The highest BCUT2D eigenvalue weighted by molar-refractivity contribution is 6.36. The Morgan fingerprint density at radius 2 is 1.89 bits per heavy atom. The van der Waals surface area contributed by atoms with Gasteiger partial charge >= 0.3 is 0 Å². The Labute approximate surface area is 112 Å². The molecule has 0 spiro atoms. The molecular formula is C10H6Cl2N4O2. The molecule has 0 saturated carbocycles. The first-order valence-electron chi connectivity index (χ1n) is 4.73. The molecule has 0 amide bonds. The maximum Gasteiger partial charge on any atom is 0.278 e. The van der Waals surface area contributed by atoms with Crippen LogP contribution in [-0.2, 0) is 0 Å². The van der Waals surface area contributed by atoms with Crippen LogP contribution in [0.2, 0.25) is 10.3 Å². The molecule has 2 aromatic rings. The maximum atomic E-state index is 10.9. The van der Waals surface area contributed by atoms with E-state index in [-0.39, 0.29) is 33.1 Å². The first-order valence-corrected chi connectivity index (χ1v) is 5.48. The van der Waals surface area contributed by atoms with Gasteiger partial charge < -0.3 is 5.73 Å². The van der Waals surface area contributed by atoms with Crippen LogP contribution in [0.4, 0.5) is 11.5 Å². The minimum atomic E-state index is -0.530. The molecule has 0 aliphatic rings. The van der Waals surface area contributed by atoms with E-state index in [1.807, 2.05) is 0 Å². The van der Waals surface area contributed by atoms with Crippen molar-refractivity contribution in [3.63, 3.8) is 0 Å². The maximum absolute atomic E-state index is 10.9. The number of aromatic nitrogens is 2. The smallest absolute Gasteiger partial charge is 0.278 e. The summed E-state index contributed by atoms with van der Waals surface area (Å²) in [4.78, 5) is 18.0. The standard InChI is InChI=1S/C10H6Cl2N4O2/c11-7-8(14-10(12)15-9(7)13)5-3-1-2-4-6(5)16(17)18/h1-4H,(H2,13,14,15). The summed E-state index contributed by atoms with van der Waals surface area (Å²) in [5.74, 6) is -0.0233. The lowest BCUT2D eigenvalue weighted by molar-refractivity contribution is -0.384. The third kappa shape index (κ3) is 2.20. The summed E-state index contributed by atoms with van der Waals surface area (Å²) in [6.07, 6.45) is 0. The second-order valence-corrected chi connectivity index (χ2v) is 4.03. The summed E-state index contributed by atoms with van der Waals surface area (Å²) in [6.45, 7) is 0. The number of nitro benzene ring substituents is 1. The van der Waals surface area contributed by atoms with Crippen LogP contribution in [0.1, 0.15) is 0 Å². The van der Waals surface area contributed by atoms with Crippen LogP contribution in [0.25, 0.3) is 11.3 Å². The molecule has 2 N–H and O–H groups in total. The lowest BCUT2D eigenvalue weighted by Gasteiger charge is -2.06. The highest BCUT2D eigenvalue weighted by Crippen LogP contribution is 2.35. The van der Waals surface area contributed by atoms with Gasteiger partial charge in [0, 0.05) is 6.07 Å². The van der Waals surface area contributed by atoms with Crippen LogP contribution in [0.5, 0.6) is 0 Å². The zero-order chi connectivity index (χ0) is 13.3. The van der Waals surface area contributed by atoms with Gasteiger partial charge in [0.05, 0.1) is 10.5 Å². The Balaban J connectivity index is 2.73. The Morgan fingerprint density at radius 3 is 2.56 bits per heavy atom. The number of nitrogen functional groups attached to an aromatic ring is 1. The number of nitro groups is 1. The van der Waals surface area contributed by atoms with Crippen molar-refractivity contribution in [3.05, 3.63) is 44.7 Å². The second-order valence-electron chi connectivity index (χ2n) is 3.31. The van der Waals surface area contributed by atoms with Crippen LogP contribution in [0.3, 0.4) is 0 Å². The normalized spacial score (nSPS) is 10.3. The van der Waals surface area contributed by atoms with E-state index in [1.165, 1.54) is 12.1 Å². The van der Waals surface area contributed by atoms with Gasteiger partial charge in [-0.05, 0) is 17.7 Å². The zero-order valence-electron chi connectivity index (χ0n) is 8.80. The SMILES string of the molecule is Nc1nc(Cl)nc(-c2ccccc2[N+](=O)[O-])c1Cl. The molecule has 0 radical (unpaired) electrons. The number of para-hydroxylation sites is 1. The minimum Gasteiger partial charge on any atom is -0.382 e. The lowest BCUT2D eigenvalue weighted by atomic mass is 10.1. The van der Waals surface area contributed by atoms with E-state index in [2.05, 4.69) is 9.97 Å². The van der Waals surface area contributed by atoms with E-state index in [0.717, 1.165) is 0 Å². The third-order valence-electron chi connectivity index (χ3n) is 2.21. The van der Waals surface area contributed by atoms with Gasteiger partial charge in [-0.3, -0.25) is 10.1 Å². The number of halogens is 2. The predicted molar refractivity (Wildman–Crippen MR) is 68.6 cm³/mol. The van der Waals surface area contributed by atoms with Gasteiger partial charge in [-0.25, -0.2) is 4.98 Å². The van der Waals surface area contributed by atoms with E-state index in [1.54, 1.807) is 12.1 Å². The number of hydrogen-bond donors (Lipinski definition) is 1. The summed E-state index contributed by atoms with van der Waals surface area (Å²) in [5, 5.41) is 10.8.